The van der Waals surface area contributed by atoms with E-state index in [2.05, 4.69) is 24.1 Å². The molecule has 3 N–H and O–H groups in total. The quantitative estimate of drug-likeness (QED) is 0.889. The lowest BCUT2D eigenvalue weighted by Crippen LogP contribution is -2.40. The molecule has 2 rings (SSSR count). The lowest BCUT2D eigenvalue weighted by molar-refractivity contribution is 0.0906. The fourth-order valence-corrected chi connectivity index (χ4v) is 3.39. The number of amides is 1. The molecular formula is C14H23N3OS. The van der Waals surface area contributed by atoms with Crippen LogP contribution in [-0.4, -0.2) is 23.5 Å². The highest BCUT2D eigenvalue weighted by atomic mass is 32.1. The highest BCUT2D eigenvalue weighted by molar-refractivity contribution is 7.09. The van der Waals surface area contributed by atoms with Crippen LogP contribution < -0.4 is 11.1 Å². The summed E-state index contributed by atoms with van der Waals surface area (Å²) in [5.74, 6) is 1.41. The maximum absolute atomic E-state index is 12.1. The molecule has 0 saturated heterocycles. The summed E-state index contributed by atoms with van der Waals surface area (Å²) in [5, 5.41) is 5.89. The molecule has 1 aromatic heterocycles. The summed E-state index contributed by atoms with van der Waals surface area (Å²) >= 11 is 1.51. The first kappa shape index (κ1) is 14.5. The normalized spacial score (nSPS) is 27.2. The van der Waals surface area contributed by atoms with Crippen molar-refractivity contribution in [3.63, 3.8) is 0 Å². The van der Waals surface area contributed by atoms with Gasteiger partial charge in [-0.2, -0.15) is 0 Å². The first-order valence-electron chi connectivity index (χ1n) is 7.05. The SMILES string of the molecule is CC1CCC(NC(=O)c2csc(CCN)n2)CC1C. The summed E-state index contributed by atoms with van der Waals surface area (Å²) in [4.78, 5) is 16.4. The van der Waals surface area contributed by atoms with Gasteiger partial charge < -0.3 is 11.1 Å². The topological polar surface area (TPSA) is 68.0 Å². The van der Waals surface area contributed by atoms with Crippen molar-refractivity contribution in [2.45, 2.75) is 45.6 Å². The van der Waals surface area contributed by atoms with Gasteiger partial charge in [-0.05, 0) is 37.6 Å². The second-order valence-electron chi connectivity index (χ2n) is 5.60. The Bertz CT molecular complexity index is 432. The molecule has 0 aromatic carbocycles. The molecule has 1 aliphatic rings. The van der Waals surface area contributed by atoms with Gasteiger partial charge in [-0.15, -0.1) is 11.3 Å². The van der Waals surface area contributed by atoms with Crippen molar-refractivity contribution in [2.75, 3.05) is 6.54 Å². The predicted molar refractivity (Wildman–Crippen MR) is 78.3 cm³/mol. The molecule has 0 aliphatic heterocycles. The fraction of sp³-hybridized carbons (Fsp3) is 0.714. The molecule has 3 atom stereocenters. The molecule has 1 amide bonds. The molecule has 1 saturated carbocycles. The average Bonchev–Trinajstić information content (AvgIpc) is 2.83. The van der Waals surface area contributed by atoms with Crippen LogP contribution in [0.2, 0.25) is 0 Å². The lowest BCUT2D eigenvalue weighted by atomic mass is 9.79. The lowest BCUT2D eigenvalue weighted by Gasteiger charge is -2.32. The second-order valence-corrected chi connectivity index (χ2v) is 6.55. The van der Waals surface area contributed by atoms with Crippen molar-refractivity contribution in [3.05, 3.63) is 16.1 Å². The van der Waals surface area contributed by atoms with Crippen LogP contribution >= 0.6 is 11.3 Å². The molecule has 1 aliphatic carbocycles. The van der Waals surface area contributed by atoms with Gasteiger partial charge in [0.2, 0.25) is 0 Å². The summed E-state index contributed by atoms with van der Waals surface area (Å²) in [6.45, 7) is 5.14. The molecular weight excluding hydrogens is 258 g/mol. The predicted octanol–water partition coefficient (Wildman–Crippen LogP) is 2.20. The van der Waals surface area contributed by atoms with Gasteiger partial charge in [-0.3, -0.25) is 4.79 Å². The van der Waals surface area contributed by atoms with Crippen molar-refractivity contribution < 1.29 is 4.79 Å². The Hall–Kier alpha value is -0.940. The van der Waals surface area contributed by atoms with E-state index < -0.39 is 0 Å². The number of nitrogens with zero attached hydrogens (tertiary/aromatic N) is 1. The third-order valence-electron chi connectivity index (χ3n) is 4.08. The van der Waals surface area contributed by atoms with Gasteiger partial charge in [0, 0.05) is 17.8 Å². The summed E-state index contributed by atoms with van der Waals surface area (Å²) < 4.78 is 0. The number of nitrogens with one attached hydrogen (secondary N) is 1. The zero-order valence-corrected chi connectivity index (χ0v) is 12.5. The Balaban J connectivity index is 1.89. The number of carbonyl (C=O) groups excluding carboxylic acids is 1. The van der Waals surface area contributed by atoms with E-state index in [-0.39, 0.29) is 5.91 Å². The molecule has 0 radical (unpaired) electrons. The molecule has 1 fully saturated rings. The van der Waals surface area contributed by atoms with E-state index in [4.69, 9.17) is 5.73 Å². The Morgan fingerprint density at radius 2 is 2.26 bits per heavy atom. The van der Waals surface area contributed by atoms with E-state index in [1.54, 1.807) is 0 Å². The van der Waals surface area contributed by atoms with Gasteiger partial charge in [0.15, 0.2) is 0 Å². The van der Waals surface area contributed by atoms with Gasteiger partial charge in [-0.1, -0.05) is 13.8 Å². The third-order valence-corrected chi connectivity index (χ3v) is 4.98. The number of hydrogen-bond acceptors (Lipinski definition) is 4. The Labute approximate surface area is 118 Å². The molecule has 4 nitrogen and oxygen atoms in total. The van der Waals surface area contributed by atoms with Gasteiger partial charge in [-0.25, -0.2) is 4.98 Å². The van der Waals surface area contributed by atoms with Crippen LogP contribution in [0.4, 0.5) is 0 Å². The molecule has 0 bridgehead atoms. The van der Waals surface area contributed by atoms with Crippen molar-refractivity contribution in [3.8, 4) is 0 Å². The Kier molecular flexibility index (Phi) is 4.93. The van der Waals surface area contributed by atoms with E-state index in [0.717, 1.165) is 30.2 Å². The van der Waals surface area contributed by atoms with Gasteiger partial charge >= 0.3 is 0 Å². The maximum atomic E-state index is 12.1. The number of nitrogens with two attached hydrogens (primary N) is 1. The van der Waals surface area contributed by atoms with Crippen LogP contribution in [0.5, 0.6) is 0 Å². The Morgan fingerprint density at radius 3 is 2.95 bits per heavy atom. The first-order valence-corrected chi connectivity index (χ1v) is 7.93. The van der Waals surface area contributed by atoms with Gasteiger partial charge in [0.1, 0.15) is 5.69 Å². The van der Waals surface area contributed by atoms with Crippen LogP contribution in [-0.2, 0) is 6.42 Å². The van der Waals surface area contributed by atoms with Gasteiger partial charge in [0.25, 0.3) is 5.91 Å². The standard InChI is InChI=1S/C14H23N3OS/c1-9-3-4-11(7-10(9)2)16-14(18)12-8-19-13(17-12)5-6-15/h8-11H,3-7,15H2,1-2H3,(H,16,18). The van der Waals surface area contributed by atoms with Crippen LogP contribution in [0.15, 0.2) is 5.38 Å². The summed E-state index contributed by atoms with van der Waals surface area (Å²) in [6, 6.07) is 0.304. The van der Waals surface area contributed by atoms with Crippen molar-refractivity contribution in [2.24, 2.45) is 17.6 Å². The highest BCUT2D eigenvalue weighted by Gasteiger charge is 2.26. The molecule has 19 heavy (non-hydrogen) atoms. The van der Waals surface area contributed by atoms with Crippen LogP contribution in [0.3, 0.4) is 0 Å². The van der Waals surface area contributed by atoms with Crippen molar-refractivity contribution in [1.29, 1.82) is 0 Å². The number of rotatable bonds is 4. The minimum absolute atomic E-state index is 0.0359. The second kappa shape index (κ2) is 6.48. The zero-order valence-electron chi connectivity index (χ0n) is 11.7. The summed E-state index contributed by atoms with van der Waals surface area (Å²) in [5.41, 5.74) is 6.03. The van der Waals surface area contributed by atoms with Crippen LogP contribution in [0.1, 0.15) is 48.6 Å². The third kappa shape index (κ3) is 3.76. The summed E-state index contributed by atoms with van der Waals surface area (Å²) in [6.07, 6.45) is 4.10. The smallest absolute Gasteiger partial charge is 0.270 e. The van der Waals surface area contributed by atoms with E-state index >= 15 is 0 Å². The molecule has 106 valence electrons. The Morgan fingerprint density at radius 1 is 1.47 bits per heavy atom. The summed E-state index contributed by atoms with van der Waals surface area (Å²) in [7, 11) is 0. The number of hydrogen-bond donors (Lipinski definition) is 2. The minimum Gasteiger partial charge on any atom is -0.348 e. The fourth-order valence-electron chi connectivity index (χ4n) is 2.59. The van der Waals surface area contributed by atoms with Gasteiger partial charge in [0.05, 0.1) is 5.01 Å². The monoisotopic (exact) mass is 281 g/mol. The number of carbonyl (C=O) groups is 1. The van der Waals surface area contributed by atoms with E-state index in [0.29, 0.717) is 24.2 Å². The highest BCUT2D eigenvalue weighted by Crippen LogP contribution is 2.29. The van der Waals surface area contributed by atoms with E-state index in [1.807, 2.05) is 5.38 Å². The maximum Gasteiger partial charge on any atom is 0.270 e. The molecule has 1 aromatic rings. The largest absolute Gasteiger partial charge is 0.348 e. The van der Waals surface area contributed by atoms with Crippen LogP contribution in [0.25, 0.3) is 0 Å². The van der Waals surface area contributed by atoms with E-state index in [9.17, 15) is 4.79 Å². The van der Waals surface area contributed by atoms with Crippen molar-refractivity contribution in [1.82, 2.24) is 10.3 Å². The van der Waals surface area contributed by atoms with Crippen LogP contribution in [0, 0.1) is 11.8 Å². The minimum atomic E-state index is -0.0359. The molecule has 1 heterocycles. The number of thiazole rings is 1. The average molecular weight is 281 g/mol. The molecule has 0 spiro atoms. The molecule has 3 unspecified atom stereocenters. The first-order chi connectivity index (χ1) is 9.10. The van der Waals surface area contributed by atoms with E-state index in [1.165, 1.54) is 17.8 Å². The number of aromatic nitrogens is 1. The van der Waals surface area contributed by atoms with Crippen molar-refractivity contribution >= 4 is 17.2 Å². The zero-order chi connectivity index (χ0) is 13.8. The molecule has 5 heteroatoms.